The Morgan fingerprint density at radius 1 is 1.20 bits per heavy atom. The molecule has 0 N–H and O–H groups in total. The second-order valence-electron chi connectivity index (χ2n) is 4.52. The van der Waals surface area contributed by atoms with Crippen molar-refractivity contribution in [2.45, 2.75) is 41.0 Å². The van der Waals surface area contributed by atoms with Gasteiger partial charge in [-0.05, 0) is 30.6 Å². The van der Waals surface area contributed by atoms with Crippen LogP contribution < -0.4 is 0 Å². The summed E-state index contributed by atoms with van der Waals surface area (Å²) in [4.78, 5) is 0. The van der Waals surface area contributed by atoms with Crippen molar-refractivity contribution in [1.82, 2.24) is 0 Å². The third kappa shape index (κ3) is 3.92. The number of hydrogen-bond donors (Lipinski definition) is 0. The molecule has 1 unspecified atom stereocenters. The molecule has 0 fully saturated rings. The fourth-order valence-electron chi connectivity index (χ4n) is 1.03. The molecule has 1 radical (unpaired) electrons. The van der Waals surface area contributed by atoms with Crippen molar-refractivity contribution in [3.8, 4) is 0 Å². The number of hydrogen-bond acceptors (Lipinski definition) is 0. The summed E-state index contributed by atoms with van der Waals surface area (Å²) in [6, 6.07) is 0. The summed E-state index contributed by atoms with van der Waals surface area (Å²) in [5.74, 6) is 1.53. The standard InChI is InChI=1S/C10H21/c1-8(2)7-9(3)10(4,5)6/h8-9H,4,7H2,1-3,5-6H3. The van der Waals surface area contributed by atoms with E-state index >= 15 is 0 Å². The smallest absolute Gasteiger partial charge is 0.0328 e. The Kier molecular flexibility index (Phi) is 3.41. The zero-order valence-corrected chi connectivity index (χ0v) is 8.07. The topological polar surface area (TPSA) is 0 Å². The van der Waals surface area contributed by atoms with Gasteiger partial charge in [0.05, 0.1) is 0 Å². The average Bonchev–Trinajstić information content (AvgIpc) is 1.60. The van der Waals surface area contributed by atoms with Crippen LogP contribution in [0.15, 0.2) is 0 Å². The van der Waals surface area contributed by atoms with Crippen molar-refractivity contribution in [2.75, 3.05) is 0 Å². The van der Waals surface area contributed by atoms with E-state index in [1.165, 1.54) is 6.42 Å². The van der Waals surface area contributed by atoms with E-state index in [1.807, 2.05) is 0 Å². The lowest BCUT2D eigenvalue weighted by molar-refractivity contribution is 0.258. The molecule has 0 amide bonds. The Bertz CT molecular complexity index is 84.7. The van der Waals surface area contributed by atoms with Crippen LogP contribution in [0.25, 0.3) is 0 Å². The quantitative estimate of drug-likeness (QED) is 0.564. The molecule has 0 aliphatic carbocycles. The van der Waals surface area contributed by atoms with Crippen molar-refractivity contribution >= 4 is 0 Å². The summed E-state index contributed by atoms with van der Waals surface area (Å²) < 4.78 is 0. The third-order valence-electron chi connectivity index (χ3n) is 2.16. The van der Waals surface area contributed by atoms with Gasteiger partial charge in [-0.2, -0.15) is 0 Å². The SMILES string of the molecule is [CH2]C(C)(C)C(C)CC(C)C. The van der Waals surface area contributed by atoms with Gasteiger partial charge in [0.15, 0.2) is 0 Å². The van der Waals surface area contributed by atoms with E-state index in [9.17, 15) is 0 Å². The Balaban J connectivity index is 3.73. The van der Waals surface area contributed by atoms with Crippen LogP contribution in [0.2, 0.25) is 0 Å². The van der Waals surface area contributed by atoms with E-state index in [2.05, 4.69) is 41.5 Å². The molecule has 0 heterocycles. The first-order valence-electron chi connectivity index (χ1n) is 4.19. The van der Waals surface area contributed by atoms with Crippen molar-refractivity contribution < 1.29 is 0 Å². The second kappa shape index (κ2) is 3.41. The van der Waals surface area contributed by atoms with Gasteiger partial charge in [0.2, 0.25) is 0 Å². The van der Waals surface area contributed by atoms with Crippen LogP contribution in [0.3, 0.4) is 0 Å². The van der Waals surface area contributed by atoms with Crippen LogP contribution in [0, 0.1) is 24.2 Å². The molecular formula is C10H21. The highest BCUT2D eigenvalue weighted by atomic mass is 14.3. The summed E-state index contributed by atoms with van der Waals surface area (Å²) in [6.07, 6.45) is 1.29. The lowest BCUT2D eigenvalue weighted by atomic mass is 9.78. The molecule has 0 aliphatic heterocycles. The Labute approximate surface area is 66.0 Å². The molecule has 0 aromatic carbocycles. The molecule has 1 atom stereocenters. The molecule has 0 aromatic rings. The van der Waals surface area contributed by atoms with E-state index < -0.39 is 0 Å². The minimum Gasteiger partial charge on any atom is -0.0628 e. The molecule has 0 saturated heterocycles. The maximum Gasteiger partial charge on any atom is -0.0328 e. The first-order valence-corrected chi connectivity index (χ1v) is 4.19. The Morgan fingerprint density at radius 3 is 1.70 bits per heavy atom. The highest BCUT2D eigenvalue weighted by Gasteiger charge is 2.20. The largest absolute Gasteiger partial charge is 0.0628 e. The van der Waals surface area contributed by atoms with E-state index in [0.29, 0.717) is 0 Å². The van der Waals surface area contributed by atoms with Crippen LogP contribution >= 0.6 is 0 Å². The van der Waals surface area contributed by atoms with Gasteiger partial charge in [0, 0.05) is 0 Å². The molecule has 0 bridgehead atoms. The van der Waals surface area contributed by atoms with Crippen molar-refractivity contribution in [3.63, 3.8) is 0 Å². The molecule has 0 heteroatoms. The zero-order chi connectivity index (χ0) is 8.36. The van der Waals surface area contributed by atoms with Gasteiger partial charge in [-0.25, -0.2) is 0 Å². The van der Waals surface area contributed by atoms with Gasteiger partial charge in [0.25, 0.3) is 0 Å². The van der Waals surface area contributed by atoms with Crippen LogP contribution in [0.5, 0.6) is 0 Å². The van der Waals surface area contributed by atoms with Gasteiger partial charge in [-0.3, -0.25) is 0 Å². The van der Waals surface area contributed by atoms with Gasteiger partial charge >= 0.3 is 0 Å². The monoisotopic (exact) mass is 141 g/mol. The predicted molar refractivity (Wildman–Crippen MR) is 47.8 cm³/mol. The maximum absolute atomic E-state index is 4.12. The van der Waals surface area contributed by atoms with Crippen LogP contribution in [-0.4, -0.2) is 0 Å². The van der Waals surface area contributed by atoms with Crippen molar-refractivity contribution in [1.29, 1.82) is 0 Å². The molecule has 0 aromatic heterocycles. The van der Waals surface area contributed by atoms with Crippen molar-refractivity contribution in [3.05, 3.63) is 6.92 Å². The summed E-state index contributed by atoms with van der Waals surface area (Å²) in [5, 5.41) is 0. The van der Waals surface area contributed by atoms with Crippen LogP contribution in [0.4, 0.5) is 0 Å². The highest BCUT2D eigenvalue weighted by Crippen LogP contribution is 2.29. The third-order valence-corrected chi connectivity index (χ3v) is 2.16. The normalized spacial score (nSPS) is 15.9. The maximum atomic E-state index is 4.12. The number of rotatable bonds is 3. The van der Waals surface area contributed by atoms with Gasteiger partial charge in [-0.1, -0.05) is 34.6 Å². The molecule has 0 nitrogen and oxygen atoms in total. The van der Waals surface area contributed by atoms with E-state index in [4.69, 9.17) is 0 Å². The second-order valence-corrected chi connectivity index (χ2v) is 4.52. The van der Waals surface area contributed by atoms with E-state index in [0.717, 1.165) is 11.8 Å². The minimum atomic E-state index is 0.240. The first kappa shape index (κ1) is 10.0. The molecule has 0 aliphatic rings. The van der Waals surface area contributed by atoms with Crippen LogP contribution in [0.1, 0.15) is 41.0 Å². The summed E-state index contributed by atoms with van der Waals surface area (Å²) in [5.41, 5.74) is 0.240. The lowest BCUT2D eigenvalue weighted by Crippen LogP contribution is -2.19. The first-order chi connectivity index (χ1) is 4.34. The van der Waals surface area contributed by atoms with Gasteiger partial charge in [0.1, 0.15) is 0 Å². The van der Waals surface area contributed by atoms with E-state index in [-0.39, 0.29) is 5.41 Å². The summed E-state index contributed by atoms with van der Waals surface area (Å²) in [7, 11) is 0. The molecule has 0 rings (SSSR count). The molecule has 0 spiro atoms. The van der Waals surface area contributed by atoms with Gasteiger partial charge < -0.3 is 0 Å². The Morgan fingerprint density at radius 2 is 1.60 bits per heavy atom. The molecule has 0 saturated carbocycles. The summed E-state index contributed by atoms with van der Waals surface area (Å²) in [6.45, 7) is 15.4. The average molecular weight is 141 g/mol. The zero-order valence-electron chi connectivity index (χ0n) is 8.07. The highest BCUT2D eigenvalue weighted by molar-refractivity contribution is 4.77. The summed E-state index contributed by atoms with van der Waals surface area (Å²) >= 11 is 0. The fourth-order valence-corrected chi connectivity index (χ4v) is 1.03. The predicted octanol–water partition coefficient (Wildman–Crippen LogP) is 3.53. The fraction of sp³-hybridized carbons (Fsp3) is 0.900. The minimum absolute atomic E-state index is 0.240. The van der Waals surface area contributed by atoms with Crippen molar-refractivity contribution in [2.24, 2.45) is 17.3 Å². The van der Waals surface area contributed by atoms with Crippen LogP contribution in [-0.2, 0) is 0 Å². The lowest BCUT2D eigenvalue weighted by Gasteiger charge is -2.28. The Hall–Kier alpha value is 0. The molecule has 61 valence electrons. The van der Waals surface area contributed by atoms with E-state index in [1.54, 1.807) is 0 Å². The molecule has 10 heavy (non-hydrogen) atoms. The van der Waals surface area contributed by atoms with Gasteiger partial charge in [-0.15, -0.1) is 0 Å². The molecular weight excluding hydrogens is 120 g/mol.